The number of carbonyl (C=O) groups excluding carboxylic acids is 2. The molecule has 0 rings (SSSR count). The number of alkyl carbamates (subject to hydrolysis) is 2. The average Bonchev–Trinajstić information content (AvgIpc) is 2.79. The summed E-state index contributed by atoms with van der Waals surface area (Å²) in [6, 6.07) is 0. The van der Waals surface area contributed by atoms with Gasteiger partial charge in [0.1, 0.15) is 0 Å². The Balaban J connectivity index is 3.44. The minimum Gasteiger partial charge on any atom is -0.422 e. The fourth-order valence-electron chi connectivity index (χ4n) is 2.17. The summed E-state index contributed by atoms with van der Waals surface area (Å²) in [4.78, 5) is 22.8. The van der Waals surface area contributed by atoms with Crippen LogP contribution in [-0.4, -0.2) is 52.1 Å². The Kier molecular flexibility index (Phi) is 23.0. The lowest BCUT2D eigenvalue weighted by Gasteiger charge is -2.06. The number of carbonyl (C=O) groups is 2. The van der Waals surface area contributed by atoms with Crippen LogP contribution >= 0.6 is 0 Å². The maximum absolute atomic E-state index is 11.4. The summed E-state index contributed by atoms with van der Waals surface area (Å²) >= 11 is 0. The van der Waals surface area contributed by atoms with E-state index in [1.807, 2.05) is 0 Å². The van der Waals surface area contributed by atoms with Gasteiger partial charge in [-0.05, 0) is 50.4 Å². The lowest BCUT2D eigenvalue weighted by Crippen LogP contribution is -2.26. The molecule has 0 aliphatic rings. The third-order valence-electron chi connectivity index (χ3n) is 4.07. The number of unbranched alkanes of at least 4 members (excludes halogenated alkanes) is 6. The first-order valence-corrected chi connectivity index (χ1v) is 11.6. The quantitative estimate of drug-likeness (QED) is 0.183. The Labute approximate surface area is 193 Å². The summed E-state index contributed by atoms with van der Waals surface area (Å²) < 4.78 is 20.1. The van der Waals surface area contributed by atoms with E-state index in [1.165, 1.54) is 0 Å². The molecule has 0 spiro atoms. The van der Waals surface area contributed by atoms with Crippen LogP contribution in [-0.2, 0) is 18.9 Å². The smallest absolute Gasteiger partial charge is 0.409 e. The average molecular weight is 453 g/mol. The van der Waals surface area contributed by atoms with Gasteiger partial charge in [-0.3, -0.25) is 0 Å². The van der Waals surface area contributed by atoms with Crippen LogP contribution in [0.5, 0.6) is 0 Å². The van der Waals surface area contributed by atoms with Crippen molar-refractivity contribution in [3.05, 3.63) is 0 Å². The van der Waals surface area contributed by atoms with Crippen LogP contribution in [0.2, 0.25) is 0 Å². The maximum atomic E-state index is 11.4. The second-order valence-corrected chi connectivity index (χ2v) is 6.99. The molecule has 8 nitrogen and oxygen atoms in total. The molecule has 8 heteroatoms. The largest absolute Gasteiger partial charge is 0.422 e. The summed E-state index contributed by atoms with van der Waals surface area (Å²) in [5.41, 5.74) is 0. The van der Waals surface area contributed by atoms with Crippen molar-refractivity contribution >= 4 is 12.2 Å². The Bertz CT molecular complexity index is 537. The monoisotopic (exact) mass is 452 g/mol. The molecule has 0 saturated heterocycles. The van der Waals surface area contributed by atoms with Crippen LogP contribution in [0.25, 0.3) is 0 Å². The minimum absolute atomic E-state index is 0.00630. The molecule has 0 aromatic carbocycles. The predicted molar refractivity (Wildman–Crippen MR) is 124 cm³/mol. The molecule has 0 aliphatic carbocycles. The molecular formula is C24H40N2O6. The molecule has 0 bridgehead atoms. The number of ether oxygens (including phenoxy) is 4. The first kappa shape index (κ1) is 29.6. The van der Waals surface area contributed by atoms with Gasteiger partial charge < -0.3 is 29.6 Å². The van der Waals surface area contributed by atoms with Crippen molar-refractivity contribution in [1.82, 2.24) is 10.6 Å². The highest BCUT2D eigenvalue weighted by Crippen LogP contribution is 1.94. The van der Waals surface area contributed by atoms with E-state index in [0.717, 1.165) is 64.2 Å². The molecule has 0 atom stereocenters. The zero-order chi connectivity index (χ0) is 23.5. The van der Waals surface area contributed by atoms with Gasteiger partial charge in [0, 0.05) is 25.9 Å². The van der Waals surface area contributed by atoms with Gasteiger partial charge in [0.15, 0.2) is 13.6 Å². The topological polar surface area (TPSA) is 95.1 Å². The molecule has 2 N–H and O–H groups in total. The third kappa shape index (κ3) is 23.9. The van der Waals surface area contributed by atoms with E-state index >= 15 is 0 Å². The number of nitrogens with one attached hydrogen (secondary N) is 2. The molecule has 0 aromatic rings. The van der Waals surface area contributed by atoms with E-state index in [1.54, 1.807) is 0 Å². The number of amides is 2. The molecule has 2 amide bonds. The van der Waals surface area contributed by atoms with Gasteiger partial charge in [0.2, 0.25) is 0 Å². The first-order chi connectivity index (χ1) is 15.7. The van der Waals surface area contributed by atoms with Crippen LogP contribution in [0, 0.1) is 23.7 Å². The zero-order valence-corrected chi connectivity index (χ0v) is 19.8. The van der Waals surface area contributed by atoms with E-state index in [2.05, 4.69) is 48.2 Å². The maximum Gasteiger partial charge on any atom is 0.409 e. The fourth-order valence-corrected chi connectivity index (χ4v) is 2.17. The highest BCUT2D eigenvalue weighted by atomic mass is 16.7. The van der Waals surface area contributed by atoms with Crippen molar-refractivity contribution in [2.75, 3.05) is 39.9 Å². The van der Waals surface area contributed by atoms with Gasteiger partial charge in [-0.25, -0.2) is 9.59 Å². The predicted octanol–water partition coefficient (Wildman–Crippen LogP) is 4.33. The Morgan fingerprint density at radius 3 is 1.50 bits per heavy atom. The molecule has 0 aliphatic heterocycles. The van der Waals surface area contributed by atoms with E-state index in [-0.39, 0.29) is 13.6 Å². The molecule has 0 radical (unpaired) electrons. The molecule has 0 fully saturated rings. The normalized spacial score (nSPS) is 9.69. The lowest BCUT2D eigenvalue weighted by atomic mass is 10.2. The molecule has 182 valence electrons. The minimum atomic E-state index is -0.457. The van der Waals surface area contributed by atoms with Gasteiger partial charge in [0.05, 0.1) is 13.2 Å². The number of rotatable bonds is 18. The third-order valence-corrected chi connectivity index (χ3v) is 4.07. The Morgan fingerprint density at radius 1 is 0.656 bits per heavy atom. The summed E-state index contributed by atoms with van der Waals surface area (Å²) in [7, 11) is 0. The standard InChI is InChI=1S/C24H40N2O6/c1-3-5-19-29-21-31-23(27)25-17-15-13-11-9-7-8-10-12-14-16-18-26-24(28)32-22-30-20-6-4-2/h3-6,11-22H2,1-2H3,(H,25,27)(H,26,28). The number of hydrogen-bond donors (Lipinski definition) is 2. The van der Waals surface area contributed by atoms with Gasteiger partial charge in [-0.1, -0.05) is 38.5 Å². The van der Waals surface area contributed by atoms with Crippen molar-refractivity contribution < 1.29 is 28.5 Å². The Morgan fingerprint density at radius 2 is 1.09 bits per heavy atom. The highest BCUT2D eigenvalue weighted by molar-refractivity contribution is 5.67. The van der Waals surface area contributed by atoms with Crippen molar-refractivity contribution in [3.8, 4) is 23.7 Å². The molecule has 0 saturated carbocycles. The van der Waals surface area contributed by atoms with Crippen molar-refractivity contribution in [2.24, 2.45) is 0 Å². The van der Waals surface area contributed by atoms with Crippen LogP contribution in [0.15, 0.2) is 0 Å². The highest BCUT2D eigenvalue weighted by Gasteiger charge is 2.00. The summed E-state index contributed by atoms with van der Waals surface area (Å²) in [6.45, 7) is 6.45. The Hall–Kier alpha value is -2.42. The van der Waals surface area contributed by atoms with Crippen molar-refractivity contribution in [2.45, 2.75) is 78.1 Å². The van der Waals surface area contributed by atoms with Gasteiger partial charge >= 0.3 is 12.2 Å². The lowest BCUT2D eigenvalue weighted by molar-refractivity contribution is -0.0164. The van der Waals surface area contributed by atoms with Gasteiger partial charge in [-0.15, -0.1) is 0 Å². The van der Waals surface area contributed by atoms with Crippen LogP contribution < -0.4 is 10.6 Å². The summed E-state index contributed by atoms with van der Waals surface area (Å²) in [6.07, 6.45) is 8.00. The van der Waals surface area contributed by atoms with Crippen molar-refractivity contribution in [3.63, 3.8) is 0 Å². The van der Waals surface area contributed by atoms with Gasteiger partial charge in [-0.2, -0.15) is 0 Å². The zero-order valence-electron chi connectivity index (χ0n) is 19.8. The van der Waals surface area contributed by atoms with E-state index in [0.29, 0.717) is 26.3 Å². The van der Waals surface area contributed by atoms with Crippen LogP contribution in [0.4, 0.5) is 9.59 Å². The van der Waals surface area contributed by atoms with E-state index in [9.17, 15) is 9.59 Å². The molecule has 32 heavy (non-hydrogen) atoms. The van der Waals surface area contributed by atoms with Crippen LogP contribution in [0.1, 0.15) is 78.1 Å². The molecule has 0 aromatic heterocycles. The summed E-state index contributed by atoms with van der Waals surface area (Å²) in [5.74, 6) is 11.7. The second kappa shape index (κ2) is 24.8. The van der Waals surface area contributed by atoms with Crippen LogP contribution in [0.3, 0.4) is 0 Å². The summed E-state index contributed by atoms with van der Waals surface area (Å²) in [5, 5.41) is 5.35. The fraction of sp³-hybridized carbons (Fsp3) is 0.750. The first-order valence-electron chi connectivity index (χ1n) is 11.6. The molecule has 0 unspecified atom stereocenters. The van der Waals surface area contributed by atoms with E-state index in [4.69, 9.17) is 18.9 Å². The molecular weight excluding hydrogens is 412 g/mol. The van der Waals surface area contributed by atoms with Crippen molar-refractivity contribution in [1.29, 1.82) is 0 Å². The van der Waals surface area contributed by atoms with E-state index < -0.39 is 12.2 Å². The molecule has 0 heterocycles. The second-order valence-electron chi connectivity index (χ2n) is 6.99. The number of hydrogen-bond acceptors (Lipinski definition) is 6. The van der Waals surface area contributed by atoms with Gasteiger partial charge in [0.25, 0.3) is 0 Å². The SMILES string of the molecule is CCCCOCOC(=O)NCCCCC#CC#CCCCCNC(=O)OCOCCCC.